The largest absolute Gasteiger partial charge is 0.467 e. The summed E-state index contributed by atoms with van der Waals surface area (Å²) in [5.74, 6) is -1.21. The smallest absolute Gasteiger partial charge is 0.328 e. The van der Waals surface area contributed by atoms with Gasteiger partial charge >= 0.3 is 5.97 Å². The van der Waals surface area contributed by atoms with E-state index < -0.39 is 24.0 Å². The van der Waals surface area contributed by atoms with Crippen molar-refractivity contribution < 1.29 is 19.1 Å². The van der Waals surface area contributed by atoms with Crippen LogP contribution < -0.4 is 5.32 Å². The van der Waals surface area contributed by atoms with E-state index in [4.69, 9.17) is 4.74 Å². The number of benzene rings is 1. The van der Waals surface area contributed by atoms with Crippen molar-refractivity contribution in [1.29, 1.82) is 0 Å². The van der Waals surface area contributed by atoms with Gasteiger partial charge in [-0.3, -0.25) is 9.59 Å². The summed E-state index contributed by atoms with van der Waals surface area (Å²) in [6.45, 7) is 4.21. The minimum Gasteiger partial charge on any atom is -0.467 e. The van der Waals surface area contributed by atoms with Gasteiger partial charge in [0, 0.05) is 12.7 Å². The average molecular weight is 416 g/mol. The zero-order valence-electron chi connectivity index (χ0n) is 16.8. The van der Waals surface area contributed by atoms with E-state index in [0.29, 0.717) is 18.0 Å². The molecule has 7 nitrogen and oxygen atoms in total. The lowest BCUT2D eigenvalue weighted by atomic mass is 10.0. The molecule has 0 unspecified atom stereocenters. The number of hydrogen-bond acceptors (Lipinski definition) is 6. The molecule has 0 aliphatic carbocycles. The summed E-state index contributed by atoms with van der Waals surface area (Å²) in [7, 11) is 1.32. The second-order valence-electron chi connectivity index (χ2n) is 7.30. The first kappa shape index (κ1) is 21.0. The predicted molar refractivity (Wildman–Crippen MR) is 110 cm³/mol. The number of hydrogen-bond donors (Lipinski definition) is 1. The van der Waals surface area contributed by atoms with E-state index in [1.165, 1.54) is 23.3 Å². The number of carbonyl (C=O) groups is 3. The maximum atomic E-state index is 13.1. The second-order valence-corrected chi connectivity index (χ2v) is 8.33. The van der Waals surface area contributed by atoms with Gasteiger partial charge in [0.15, 0.2) is 5.01 Å². The molecule has 29 heavy (non-hydrogen) atoms. The molecule has 2 atom stereocenters. The lowest BCUT2D eigenvalue weighted by molar-refractivity contribution is -0.151. The Kier molecular flexibility index (Phi) is 6.64. The van der Waals surface area contributed by atoms with Crippen molar-refractivity contribution in [3.05, 3.63) is 41.5 Å². The summed E-state index contributed by atoms with van der Waals surface area (Å²) >= 11 is 1.28. The summed E-state index contributed by atoms with van der Waals surface area (Å²) in [6, 6.07) is 8.36. The molecule has 1 aromatic carbocycles. The first-order valence-electron chi connectivity index (χ1n) is 9.62. The molecule has 1 aliphatic rings. The fourth-order valence-corrected chi connectivity index (χ4v) is 4.25. The van der Waals surface area contributed by atoms with E-state index in [-0.39, 0.29) is 11.8 Å². The van der Waals surface area contributed by atoms with Gasteiger partial charge in [0.2, 0.25) is 5.91 Å². The van der Waals surface area contributed by atoms with Crippen molar-refractivity contribution in [2.45, 2.75) is 38.8 Å². The van der Waals surface area contributed by atoms with Gasteiger partial charge in [0.05, 0.1) is 12.0 Å². The summed E-state index contributed by atoms with van der Waals surface area (Å²) < 4.78 is 4.82. The Morgan fingerprint density at radius 1 is 1.24 bits per heavy atom. The average Bonchev–Trinajstić information content (AvgIpc) is 3.41. The lowest BCUT2D eigenvalue weighted by Crippen LogP contribution is -2.53. The van der Waals surface area contributed by atoms with Gasteiger partial charge in [-0.25, -0.2) is 9.78 Å². The fraction of sp³-hybridized carbons (Fsp3) is 0.429. The number of carbonyl (C=O) groups excluding carboxylic acids is 3. The van der Waals surface area contributed by atoms with E-state index in [2.05, 4.69) is 10.3 Å². The number of nitrogens with one attached hydrogen (secondary N) is 1. The topological polar surface area (TPSA) is 88.6 Å². The van der Waals surface area contributed by atoms with Crippen LogP contribution in [0, 0.1) is 5.92 Å². The van der Waals surface area contributed by atoms with Crippen LogP contribution in [0.15, 0.2) is 36.5 Å². The molecule has 1 saturated heterocycles. The normalized spacial score (nSPS) is 17.2. The molecule has 1 aliphatic heterocycles. The number of nitrogens with zero attached hydrogens (tertiary/aromatic N) is 2. The minimum atomic E-state index is -0.739. The number of rotatable bonds is 6. The summed E-state index contributed by atoms with van der Waals surface area (Å²) in [4.78, 5) is 44.5. The van der Waals surface area contributed by atoms with E-state index in [9.17, 15) is 14.4 Å². The Bertz CT molecular complexity index is 881. The van der Waals surface area contributed by atoms with Gasteiger partial charge in [-0.2, -0.15) is 0 Å². The Balaban J connectivity index is 1.74. The van der Waals surface area contributed by atoms with Gasteiger partial charge in [-0.15, -0.1) is 11.3 Å². The third kappa shape index (κ3) is 4.64. The highest BCUT2D eigenvalue weighted by Crippen LogP contribution is 2.26. The molecular formula is C21H25N3O4S. The first-order chi connectivity index (χ1) is 13.9. The van der Waals surface area contributed by atoms with Crippen LogP contribution in [0.4, 0.5) is 0 Å². The highest BCUT2D eigenvalue weighted by Gasteiger charge is 2.39. The Morgan fingerprint density at radius 2 is 1.97 bits per heavy atom. The van der Waals surface area contributed by atoms with Gasteiger partial charge in [0.25, 0.3) is 5.91 Å². The molecule has 2 heterocycles. The molecule has 0 radical (unpaired) electrons. The van der Waals surface area contributed by atoms with Crippen LogP contribution in [0.25, 0.3) is 10.4 Å². The van der Waals surface area contributed by atoms with Crippen LogP contribution >= 0.6 is 11.3 Å². The molecule has 0 bridgehead atoms. The van der Waals surface area contributed by atoms with Gasteiger partial charge in [-0.1, -0.05) is 44.2 Å². The molecule has 3 rings (SSSR count). The van der Waals surface area contributed by atoms with Crippen molar-refractivity contribution >= 4 is 29.1 Å². The van der Waals surface area contributed by atoms with Crippen LogP contribution in [-0.4, -0.2) is 53.4 Å². The van der Waals surface area contributed by atoms with Crippen molar-refractivity contribution in [1.82, 2.24) is 15.2 Å². The van der Waals surface area contributed by atoms with Gasteiger partial charge in [-0.05, 0) is 24.3 Å². The zero-order chi connectivity index (χ0) is 21.0. The van der Waals surface area contributed by atoms with Crippen molar-refractivity contribution in [2.75, 3.05) is 13.7 Å². The van der Waals surface area contributed by atoms with Crippen molar-refractivity contribution in [3.8, 4) is 10.4 Å². The monoisotopic (exact) mass is 415 g/mol. The third-order valence-electron chi connectivity index (χ3n) is 4.99. The third-order valence-corrected chi connectivity index (χ3v) is 6.03. The number of esters is 1. The summed E-state index contributed by atoms with van der Waals surface area (Å²) in [5.41, 5.74) is 0.985. The molecule has 0 saturated carbocycles. The van der Waals surface area contributed by atoms with Crippen LogP contribution in [-0.2, 0) is 14.3 Å². The number of likely N-dealkylation sites (tertiary alicyclic amines) is 1. The maximum absolute atomic E-state index is 13.1. The molecule has 1 fully saturated rings. The Hall–Kier alpha value is -2.74. The Labute approximate surface area is 174 Å². The van der Waals surface area contributed by atoms with Crippen molar-refractivity contribution in [3.63, 3.8) is 0 Å². The molecule has 154 valence electrons. The van der Waals surface area contributed by atoms with E-state index in [0.717, 1.165) is 16.9 Å². The minimum absolute atomic E-state index is 0.140. The fourth-order valence-electron chi connectivity index (χ4n) is 3.42. The predicted octanol–water partition coefficient (Wildman–Crippen LogP) is 2.73. The quantitative estimate of drug-likeness (QED) is 0.733. The molecule has 8 heteroatoms. The van der Waals surface area contributed by atoms with Crippen LogP contribution in [0.5, 0.6) is 0 Å². The number of amides is 2. The van der Waals surface area contributed by atoms with E-state index >= 15 is 0 Å². The van der Waals surface area contributed by atoms with Gasteiger partial charge < -0.3 is 15.0 Å². The van der Waals surface area contributed by atoms with E-state index in [1.54, 1.807) is 6.20 Å². The molecule has 2 amide bonds. The number of aromatic nitrogens is 1. The van der Waals surface area contributed by atoms with Crippen LogP contribution in [0.2, 0.25) is 0 Å². The second kappa shape index (κ2) is 9.17. The SMILES string of the molecule is COC(=O)[C@@H]1CCCN1C(=O)[C@@H](NC(=O)c1ncc(-c2ccccc2)s1)C(C)C. The molecule has 1 aromatic heterocycles. The number of thiazole rings is 1. The highest BCUT2D eigenvalue weighted by molar-refractivity contribution is 7.17. The molecular weight excluding hydrogens is 390 g/mol. The number of methoxy groups -OCH3 is 1. The summed E-state index contributed by atoms with van der Waals surface area (Å²) in [5, 5.41) is 3.12. The van der Waals surface area contributed by atoms with Crippen LogP contribution in [0.1, 0.15) is 36.5 Å². The number of ether oxygens (including phenoxy) is 1. The molecule has 2 aromatic rings. The van der Waals surface area contributed by atoms with E-state index in [1.807, 2.05) is 44.2 Å². The van der Waals surface area contributed by atoms with Crippen LogP contribution in [0.3, 0.4) is 0 Å². The van der Waals surface area contributed by atoms with Crippen molar-refractivity contribution in [2.24, 2.45) is 5.92 Å². The molecule has 1 N–H and O–H groups in total. The standard InChI is InChI=1S/C21H25N3O4S/c1-13(2)17(20(26)24-11-7-10-15(24)21(27)28-3)23-18(25)19-22-12-16(29-19)14-8-5-4-6-9-14/h4-6,8-9,12-13,15,17H,7,10-11H2,1-3H3,(H,23,25)/t15-,17-/m0/s1. The van der Waals surface area contributed by atoms with Gasteiger partial charge in [0.1, 0.15) is 12.1 Å². The maximum Gasteiger partial charge on any atom is 0.328 e. The first-order valence-corrected chi connectivity index (χ1v) is 10.4. The molecule has 0 spiro atoms. The zero-order valence-corrected chi connectivity index (χ0v) is 17.6. The summed E-state index contributed by atoms with van der Waals surface area (Å²) in [6.07, 6.45) is 2.97. The Morgan fingerprint density at radius 3 is 2.62 bits per heavy atom. The highest BCUT2D eigenvalue weighted by atomic mass is 32.1. The lowest BCUT2D eigenvalue weighted by Gasteiger charge is -2.29.